The molecule has 0 aliphatic carbocycles. The van der Waals surface area contributed by atoms with Crippen molar-refractivity contribution in [3.05, 3.63) is 53.6 Å². The van der Waals surface area contributed by atoms with E-state index in [1.165, 1.54) is 36.4 Å². The van der Waals surface area contributed by atoms with Crippen LogP contribution in [0.5, 0.6) is 23.0 Å². The van der Waals surface area contributed by atoms with Crippen LogP contribution >= 0.6 is 0 Å². The zero-order valence-corrected chi connectivity index (χ0v) is 27.4. The first-order valence-electron chi connectivity index (χ1n) is 15.7. The maximum Gasteiger partial charge on any atom is 0.308 e. The van der Waals surface area contributed by atoms with Gasteiger partial charge in [-0.2, -0.15) is 0 Å². The number of benzene rings is 2. The summed E-state index contributed by atoms with van der Waals surface area (Å²) in [5.74, 6) is -4.43. The molecular formula is C33H40O19. The molecule has 2 aliphatic heterocycles. The number of aliphatic hydroxyl groups excluding tert-OH is 7. The van der Waals surface area contributed by atoms with E-state index in [-0.39, 0.29) is 17.1 Å². The van der Waals surface area contributed by atoms with Gasteiger partial charge in [-0.25, -0.2) is 0 Å². The summed E-state index contributed by atoms with van der Waals surface area (Å²) in [5, 5.41) is 110. The van der Waals surface area contributed by atoms with Gasteiger partial charge in [-0.3, -0.25) is 14.4 Å². The molecule has 11 atom stereocenters. The van der Waals surface area contributed by atoms with E-state index >= 15 is 0 Å². The lowest BCUT2D eigenvalue weighted by atomic mass is 9.98. The maximum atomic E-state index is 12.9. The summed E-state index contributed by atoms with van der Waals surface area (Å²) in [6.45, 7) is -0.242. The molecule has 2 aromatic rings. The summed E-state index contributed by atoms with van der Waals surface area (Å²) in [5.41, 5.74) is -1.82. The molecule has 2 saturated heterocycles. The van der Waals surface area contributed by atoms with Gasteiger partial charge in [-0.1, -0.05) is 12.1 Å². The largest absolute Gasteiger partial charge is 0.507 e. The van der Waals surface area contributed by atoms with Gasteiger partial charge in [0.1, 0.15) is 66.9 Å². The molecule has 0 aromatic heterocycles. The number of esters is 1. The van der Waals surface area contributed by atoms with E-state index in [1.807, 2.05) is 0 Å². The van der Waals surface area contributed by atoms with E-state index in [2.05, 4.69) is 0 Å². The molecule has 2 aliphatic rings. The highest BCUT2D eigenvalue weighted by Gasteiger charge is 2.46. The number of carbonyl (C=O) groups excluding carboxylic acids is 2. The lowest BCUT2D eigenvalue weighted by Gasteiger charge is -2.40. The molecule has 52 heavy (non-hydrogen) atoms. The number of ether oxygens (including phenoxy) is 5. The van der Waals surface area contributed by atoms with E-state index in [0.717, 1.165) is 19.1 Å². The van der Waals surface area contributed by atoms with Crippen molar-refractivity contribution in [2.24, 2.45) is 0 Å². The van der Waals surface area contributed by atoms with Gasteiger partial charge in [0.05, 0.1) is 30.6 Å². The fourth-order valence-corrected chi connectivity index (χ4v) is 5.29. The Hall–Kier alpha value is -4.41. The minimum Gasteiger partial charge on any atom is -0.507 e. The van der Waals surface area contributed by atoms with Crippen LogP contribution in [-0.2, 0) is 23.8 Å². The number of aliphatic carboxylic acids is 1. The SMILES string of the molecule is CC(O)(CC(=O)O)CC(=O)OC[C@H]1O[C@@H](Oc2ccc(C(=O)/C=C/c3ccc(O[C@@H]4O[C@H](CO)[C@@H](O)[C@H](O)[C@H]4O)c(O)c3)c(O)c2)[C@H](O)[C@@H](O)[C@@H]1O. The Balaban J connectivity index is 1.36. The average molecular weight is 741 g/mol. The molecule has 0 saturated carbocycles. The normalized spacial score (nSPS) is 30.3. The number of carboxylic acids is 1. The fraction of sp³-hybridized carbons (Fsp3) is 0.485. The van der Waals surface area contributed by atoms with Crippen LogP contribution in [0.4, 0.5) is 0 Å². The summed E-state index contributed by atoms with van der Waals surface area (Å²) < 4.78 is 26.6. The third kappa shape index (κ3) is 9.92. The van der Waals surface area contributed by atoms with Crippen LogP contribution in [0.15, 0.2) is 42.5 Å². The zero-order valence-electron chi connectivity index (χ0n) is 27.4. The lowest BCUT2D eigenvalue weighted by Crippen LogP contribution is -2.60. The smallest absolute Gasteiger partial charge is 0.308 e. The van der Waals surface area contributed by atoms with Crippen molar-refractivity contribution in [3.63, 3.8) is 0 Å². The summed E-state index contributed by atoms with van der Waals surface area (Å²) in [4.78, 5) is 35.8. The standard InChI is InChI=1S/C33H40O19/c1-33(47,10-23(38)39)11-24(40)48-13-22-26(42)28(44)29(45)31(52-22)49-15-4-5-16(18(36)9-15)17(35)6-2-14-3-7-20(19(37)8-14)50-32-30(46)27(43)25(41)21(12-34)51-32/h2-9,21-22,25-32,34,36-37,41-47H,10-13H2,1H3,(H,38,39)/b6-2+/t21-,22-,25-,26-,27+,28+,29-,30-,31-,32-,33?/m1/s1. The number of aliphatic hydroxyl groups is 8. The van der Waals surface area contributed by atoms with Gasteiger partial charge in [0.15, 0.2) is 17.3 Å². The van der Waals surface area contributed by atoms with Gasteiger partial charge in [0, 0.05) is 6.07 Å². The second-order valence-corrected chi connectivity index (χ2v) is 12.5. The van der Waals surface area contributed by atoms with Crippen molar-refractivity contribution in [2.75, 3.05) is 13.2 Å². The lowest BCUT2D eigenvalue weighted by molar-refractivity contribution is -0.278. The first-order chi connectivity index (χ1) is 24.4. The summed E-state index contributed by atoms with van der Waals surface area (Å²) >= 11 is 0. The number of hydrogen-bond acceptors (Lipinski definition) is 18. The van der Waals surface area contributed by atoms with Crippen LogP contribution in [0.2, 0.25) is 0 Å². The number of rotatable bonds is 14. The molecule has 19 nitrogen and oxygen atoms in total. The van der Waals surface area contributed by atoms with Gasteiger partial charge in [0.25, 0.3) is 0 Å². The van der Waals surface area contributed by atoms with Gasteiger partial charge in [-0.15, -0.1) is 0 Å². The molecule has 4 rings (SSSR count). The van der Waals surface area contributed by atoms with Crippen molar-refractivity contribution < 1.29 is 94.2 Å². The minimum atomic E-state index is -1.92. The molecule has 19 heteroatoms. The summed E-state index contributed by atoms with van der Waals surface area (Å²) in [7, 11) is 0. The molecule has 0 bridgehead atoms. The molecule has 0 radical (unpaired) electrons. The third-order valence-corrected chi connectivity index (χ3v) is 8.12. The monoisotopic (exact) mass is 740 g/mol. The quantitative estimate of drug-likeness (QED) is 0.0542. The average Bonchev–Trinajstić information content (AvgIpc) is 3.07. The minimum absolute atomic E-state index is 0.147. The van der Waals surface area contributed by atoms with Crippen LogP contribution < -0.4 is 9.47 Å². The van der Waals surface area contributed by atoms with Crippen LogP contribution in [-0.4, -0.2) is 154 Å². The number of carbonyl (C=O) groups is 3. The van der Waals surface area contributed by atoms with Crippen LogP contribution in [0.25, 0.3) is 6.08 Å². The van der Waals surface area contributed by atoms with Crippen LogP contribution in [0.3, 0.4) is 0 Å². The van der Waals surface area contributed by atoms with Crippen LogP contribution in [0, 0.1) is 0 Å². The first-order valence-corrected chi connectivity index (χ1v) is 15.7. The first kappa shape index (κ1) is 40.4. The second-order valence-electron chi connectivity index (χ2n) is 12.5. The molecule has 1 unspecified atom stereocenters. The number of phenols is 2. The Labute approximate surface area is 294 Å². The Bertz CT molecular complexity index is 1610. The molecular weight excluding hydrogens is 700 g/mol. The summed E-state index contributed by atoms with van der Waals surface area (Å²) in [6.07, 6.45) is -15.4. The number of phenolic OH excluding ortho intramolecular Hbond substituents is 2. The molecule has 11 N–H and O–H groups in total. The second kappa shape index (κ2) is 16.9. The highest BCUT2D eigenvalue weighted by Crippen LogP contribution is 2.33. The van der Waals surface area contributed by atoms with Crippen LogP contribution in [0.1, 0.15) is 35.7 Å². The highest BCUT2D eigenvalue weighted by atomic mass is 16.7. The van der Waals surface area contributed by atoms with E-state index in [0.29, 0.717) is 5.56 Å². The molecule has 0 spiro atoms. The van der Waals surface area contributed by atoms with E-state index < -0.39 is 122 Å². The van der Waals surface area contributed by atoms with E-state index in [1.54, 1.807) is 0 Å². The molecule has 2 heterocycles. The van der Waals surface area contributed by atoms with Crippen molar-refractivity contribution >= 4 is 23.8 Å². The topological polar surface area (TPSA) is 320 Å². The van der Waals surface area contributed by atoms with Crippen molar-refractivity contribution in [1.82, 2.24) is 0 Å². The number of aromatic hydroxyl groups is 2. The predicted molar refractivity (Wildman–Crippen MR) is 170 cm³/mol. The van der Waals surface area contributed by atoms with E-state index in [9.17, 15) is 65.4 Å². The van der Waals surface area contributed by atoms with Crippen molar-refractivity contribution in [2.45, 2.75) is 86.8 Å². The van der Waals surface area contributed by atoms with Crippen molar-refractivity contribution in [3.8, 4) is 23.0 Å². The van der Waals surface area contributed by atoms with Gasteiger partial charge in [-0.05, 0) is 42.8 Å². The number of allylic oxidation sites excluding steroid dienone is 1. The number of hydrogen-bond donors (Lipinski definition) is 11. The number of ketones is 1. The molecule has 0 amide bonds. The summed E-state index contributed by atoms with van der Waals surface area (Å²) in [6, 6.07) is 7.28. The van der Waals surface area contributed by atoms with Gasteiger partial charge >= 0.3 is 11.9 Å². The van der Waals surface area contributed by atoms with Crippen molar-refractivity contribution in [1.29, 1.82) is 0 Å². The Morgan fingerprint density at radius 2 is 1.40 bits per heavy atom. The maximum absolute atomic E-state index is 12.9. The third-order valence-electron chi connectivity index (χ3n) is 8.12. The Kier molecular flexibility index (Phi) is 13.2. The van der Waals surface area contributed by atoms with Gasteiger partial charge in [0.2, 0.25) is 12.6 Å². The Morgan fingerprint density at radius 3 is 2.00 bits per heavy atom. The zero-order chi connectivity index (χ0) is 38.5. The fourth-order valence-electron chi connectivity index (χ4n) is 5.29. The highest BCUT2D eigenvalue weighted by molar-refractivity contribution is 6.08. The van der Waals surface area contributed by atoms with E-state index in [4.69, 9.17) is 28.8 Å². The molecule has 2 aromatic carbocycles. The van der Waals surface area contributed by atoms with Gasteiger partial charge < -0.3 is 79.9 Å². The predicted octanol–water partition coefficient (Wildman–Crippen LogP) is -2.48. The molecule has 2 fully saturated rings. The Morgan fingerprint density at radius 1 is 0.788 bits per heavy atom. The molecule has 286 valence electrons. The number of carboxylic acid groups (broad SMARTS) is 1.